The van der Waals surface area contributed by atoms with Crippen molar-refractivity contribution in [1.82, 2.24) is 4.57 Å². The van der Waals surface area contributed by atoms with E-state index in [1.54, 1.807) is 6.07 Å². The third-order valence-corrected chi connectivity index (χ3v) is 5.54. The van der Waals surface area contributed by atoms with Crippen LogP contribution in [-0.4, -0.2) is 21.6 Å². The fourth-order valence-corrected chi connectivity index (χ4v) is 4.44. The normalized spacial score (nSPS) is 12.3. The second-order valence-corrected chi connectivity index (χ2v) is 6.90. The number of Topliss-reactive ketones (excluding diaryl/α,β-unsaturated/α-hetero) is 1. The van der Waals surface area contributed by atoms with Gasteiger partial charge < -0.3 is 9.67 Å². The zero-order valence-corrected chi connectivity index (χ0v) is 14.0. The summed E-state index contributed by atoms with van der Waals surface area (Å²) in [5.74, 6) is -3.29. The van der Waals surface area contributed by atoms with E-state index >= 15 is 0 Å². The molecule has 1 N–H and O–H groups in total. The summed E-state index contributed by atoms with van der Waals surface area (Å²) >= 11 is 1.36. The molecule has 0 saturated carbocycles. The Kier molecular flexibility index (Phi) is 3.39. The number of benzene rings is 2. The van der Waals surface area contributed by atoms with E-state index in [2.05, 4.69) is 0 Å². The standard InChI is InChI=1S/C18H10F3NO3S/c1-22-13-10(14(23)12(17(22)25)16(24)18(19,20)21)7-6-9-8-4-2-3-5-11(8)26-15(9)13/h2-7,23H,1H3. The first kappa shape index (κ1) is 16.6. The molecule has 0 atom stereocenters. The Morgan fingerprint density at radius 2 is 1.73 bits per heavy atom. The first-order valence-electron chi connectivity index (χ1n) is 7.49. The highest BCUT2D eigenvalue weighted by molar-refractivity contribution is 7.26. The fraction of sp³-hybridized carbons (Fsp3) is 0.111. The quantitative estimate of drug-likeness (QED) is 0.502. The van der Waals surface area contributed by atoms with Gasteiger partial charge in [0.15, 0.2) is 0 Å². The molecule has 0 spiro atoms. The number of alkyl halides is 3. The molecule has 0 unspecified atom stereocenters. The molecule has 0 fully saturated rings. The highest BCUT2D eigenvalue weighted by atomic mass is 32.1. The van der Waals surface area contributed by atoms with E-state index in [4.69, 9.17) is 0 Å². The van der Waals surface area contributed by atoms with Gasteiger partial charge in [-0.25, -0.2) is 0 Å². The maximum Gasteiger partial charge on any atom is 0.455 e. The summed E-state index contributed by atoms with van der Waals surface area (Å²) in [6.45, 7) is 0. The Labute approximate surface area is 147 Å². The van der Waals surface area contributed by atoms with Gasteiger partial charge in [-0.3, -0.25) is 9.59 Å². The SMILES string of the molecule is Cn1c(=O)c(C(=O)C(F)(F)F)c(O)c2ccc3c4ccccc4sc3c21. The monoisotopic (exact) mass is 377 g/mol. The predicted octanol–water partition coefficient (Wildman–Crippen LogP) is 4.36. The van der Waals surface area contributed by atoms with Gasteiger partial charge >= 0.3 is 6.18 Å². The van der Waals surface area contributed by atoms with E-state index in [1.807, 2.05) is 24.3 Å². The molecule has 4 nitrogen and oxygen atoms in total. The summed E-state index contributed by atoms with van der Waals surface area (Å²) in [6, 6.07) is 10.6. The second-order valence-electron chi connectivity index (χ2n) is 5.85. The Hall–Kier alpha value is -2.87. The van der Waals surface area contributed by atoms with E-state index in [1.165, 1.54) is 24.5 Å². The topological polar surface area (TPSA) is 59.3 Å². The van der Waals surface area contributed by atoms with Crippen molar-refractivity contribution in [3.8, 4) is 5.75 Å². The molecule has 0 amide bonds. The highest BCUT2D eigenvalue weighted by Gasteiger charge is 2.43. The molecule has 0 radical (unpaired) electrons. The molecule has 0 aliphatic rings. The van der Waals surface area contributed by atoms with E-state index in [-0.39, 0.29) is 5.39 Å². The van der Waals surface area contributed by atoms with E-state index in [0.717, 1.165) is 20.0 Å². The van der Waals surface area contributed by atoms with Crippen LogP contribution in [0.5, 0.6) is 5.75 Å². The van der Waals surface area contributed by atoms with Crippen LogP contribution in [0.3, 0.4) is 0 Å². The predicted molar refractivity (Wildman–Crippen MR) is 94.1 cm³/mol. The Balaban J connectivity index is 2.20. The number of nitrogens with zero attached hydrogens (tertiary/aromatic N) is 1. The minimum absolute atomic E-state index is 0.0266. The number of aryl methyl sites for hydroxylation is 1. The molecule has 26 heavy (non-hydrogen) atoms. The van der Waals surface area contributed by atoms with Gasteiger partial charge in [-0.2, -0.15) is 13.2 Å². The van der Waals surface area contributed by atoms with Crippen LogP contribution in [0, 0.1) is 0 Å². The van der Waals surface area contributed by atoms with Crippen LogP contribution in [-0.2, 0) is 7.05 Å². The zero-order valence-electron chi connectivity index (χ0n) is 13.2. The summed E-state index contributed by atoms with van der Waals surface area (Å²) in [5.41, 5.74) is -2.14. The van der Waals surface area contributed by atoms with Crippen molar-refractivity contribution in [2.45, 2.75) is 6.18 Å². The highest BCUT2D eigenvalue weighted by Crippen LogP contribution is 2.40. The number of aromatic hydroxyl groups is 1. The first-order chi connectivity index (χ1) is 12.2. The molecule has 8 heteroatoms. The average molecular weight is 377 g/mol. The van der Waals surface area contributed by atoms with Crippen molar-refractivity contribution >= 4 is 48.2 Å². The summed E-state index contributed by atoms with van der Waals surface area (Å²) in [5, 5.41) is 12.1. The summed E-state index contributed by atoms with van der Waals surface area (Å²) in [4.78, 5) is 24.0. The third kappa shape index (κ3) is 2.15. The molecule has 2 aromatic heterocycles. The number of ketones is 1. The van der Waals surface area contributed by atoms with E-state index in [9.17, 15) is 27.9 Å². The molecule has 2 aromatic carbocycles. The number of fused-ring (bicyclic) bond motifs is 5. The summed E-state index contributed by atoms with van der Waals surface area (Å²) in [7, 11) is 1.29. The van der Waals surface area contributed by atoms with Gasteiger partial charge in [-0.05, 0) is 12.1 Å². The summed E-state index contributed by atoms with van der Waals surface area (Å²) < 4.78 is 41.0. The van der Waals surface area contributed by atoms with Gasteiger partial charge in [-0.1, -0.05) is 24.3 Å². The molecule has 4 rings (SSSR count). The molecule has 0 bridgehead atoms. The van der Waals surface area contributed by atoms with Crippen molar-refractivity contribution in [3.63, 3.8) is 0 Å². The van der Waals surface area contributed by atoms with Crippen LogP contribution < -0.4 is 5.56 Å². The maximum atomic E-state index is 12.8. The maximum absolute atomic E-state index is 12.8. The Morgan fingerprint density at radius 3 is 2.42 bits per heavy atom. The number of carbonyl (C=O) groups excluding carboxylic acids is 1. The van der Waals surface area contributed by atoms with Gasteiger partial charge in [0.2, 0.25) is 0 Å². The second kappa shape index (κ2) is 5.31. The summed E-state index contributed by atoms with van der Waals surface area (Å²) in [6.07, 6.45) is -5.25. The lowest BCUT2D eigenvalue weighted by atomic mass is 10.0. The van der Waals surface area contributed by atoms with Gasteiger partial charge in [0.1, 0.15) is 11.3 Å². The lowest BCUT2D eigenvalue weighted by Gasteiger charge is -2.13. The first-order valence-corrected chi connectivity index (χ1v) is 8.31. The van der Waals surface area contributed by atoms with Crippen LogP contribution in [0.1, 0.15) is 10.4 Å². The van der Waals surface area contributed by atoms with Crippen molar-refractivity contribution < 1.29 is 23.1 Å². The molecule has 0 aliphatic carbocycles. The molecule has 4 aromatic rings. The fourth-order valence-electron chi connectivity index (χ4n) is 3.15. The number of aromatic nitrogens is 1. The Bertz CT molecular complexity index is 1280. The lowest BCUT2D eigenvalue weighted by molar-refractivity contribution is -0.0887. The van der Waals surface area contributed by atoms with Gasteiger partial charge in [0, 0.05) is 27.9 Å². The minimum atomic E-state index is -5.25. The van der Waals surface area contributed by atoms with E-state index in [0.29, 0.717) is 10.2 Å². The molecule has 132 valence electrons. The van der Waals surface area contributed by atoms with Crippen molar-refractivity contribution in [2.24, 2.45) is 7.05 Å². The number of thiophene rings is 1. The van der Waals surface area contributed by atoms with Crippen LogP contribution in [0.4, 0.5) is 13.2 Å². The number of halogens is 3. The van der Waals surface area contributed by atoms with Gasteiger partial charge in [0.25, 0.3) is 11.3 Å². The van der Waals surface area contributed by atoms with Crippen LogP contribution >= 0.6 is 11.3 Å². The Morgan fingerprint density at radius 1 is 1.08 bits per heavy atom. The van der Waals surface area contributed by atoms with Crippen molar-refractivity contribution in [2.75, 3.05) is 0 Å². The number of rotatable bonds is 1. The molecule has 0 saturated heterocycles. The van der Waals surface area contributed by atoms with Crippen molar-refractivity contribution in [1.29, 1.82) is 0 Å². The minimum Gasteiger partial charge on any atom is -0.506 e. The number of pyridine rings is 1. The van der Waals surface area contributed by atoms with Crippen molar-refractivity contribution in [3.05, 3.63) is 52.3 Å². The molecular formula is C18H10F3NO3S. The number of hydrogen-bond acceptors (Lipinski definition) is 4. The number of carbonyl (C=O) groups is 1. The largest absolute Gasteiger partial charge is 0.506 e. The van der Waals surface area contributed by atoms with Gasteiger partial charge in [0.05, 0.1) is 10.2 Å². The number of hydrogen-bond donors (Lipinski definition) is 1. The third-order valence-electron chi connectivity index (χ3n) is 4.35. The van der Waals surface area contributed by atoms with Crippen LogP contribution in [0.15, 0.2) is 41.2 Å². The average Bonchev–Trinajstić information content (AvgIpc) is 2.97. The van der Waals surface area contributed by atoms with Gasteiger partial charge in [-0.15, -0.1) is 11.3 Å². The lowest BCUT2D eigenvalue weighted by Crippen LogP contribution is -2.32. The van der Waals surface area contributed by atoms with Crippen LogP contribution in [0.2, 0.25) is 0 Å². The zero-order chi connectivity index (χ0) is 18.8. The molecule has 2 heterocycles. The molecule has 0 aliphatic heterocycles. The molecular weight excluding hydrogens is 367 g/mol. The van der Waals surface area contributed by atoms with Crippen LogP contribution in [0.25, 0.3) is 31.1 Å². The smallest absolute Gasteiger partial charge is 0.455 e. The van der Waals surface area contributed by atoms with E-state index < -0.39 is 28.8 Å².